The van der Waals surface area contributed by atoms with Gasteiger partial charge in [0.15, 0.2) is 17.5 Å². The van der Waals surface area contributed by atoms with Crippen molar-refractivity contribution >= 4 is 10.9 Å². The third-order valence-electron chi connectivity index (χ3n) is 18.6. The molecule has 4 heteroatoms. The first-order chi connectivity index (χ1) is 40.1. The molecule has 0 atom stereocenters. The monoisotopic (exact) mass is 1060 g/mol. The van der Waals surface area contributed by atoms with Crippen LogP contribution in [0.1, 0.15) is 135 Å². The van der Waals surface area contributed by atoms with E-state index >= 15 is 0 Å². The number of hydrogen-bond donors (Lipinski definition) is 0. The molecule has 9 aromatic carbocycles. The van der Waals surface area contributed by atoms with E-state index in [0.29, 0.717) is 17.5 Å². The highest BCUT2D eigenvalue weighted by Crippen LogP contribution is 2.64. The molecule has 3 aliphatic rings. The molecule has 2 heterocycles. The zero-order valence-electron chi connectivity index (χ0n) is 48.3. The normalized spacial score (nSPS) is 13.7. The number of rotatable bonds is 15. The molecule has 14 rings (SSSR count). The molecule has 0 aliphatic heterocycles. The van der Waals surface area contributed by atoms with Crippen LogP contribution in [0.3, 0.4) is 0 Å². The van der Waals surface area contributed by atoms with E-state index in [0.717, 1.165) is 62.8 Å². The lowest BCUT2D eigenvalue weighted by atomic mass is 9.70. The Bertz CT molecular complexity index is 4190. The van der Waals surface area contributed by atoms with Gasteiger partial charge in [0.05, 0.1) is 16.6 Å². The van der Waals surface area contributed by atoms with Gasteiger partial charge in [-0.25, -0.2) is 19.9 Å². The maximum Gasteiger partial charge on any atom is 0.164 e. The second kappa shape index (κ2) is 20.7. The number of hydrogen-bond acceptors (Lipinski definition) is 4. The highest BCUT2D eigenvalue weighted by atomic mass is 15.0. The molecule has 0 saturated carbocycles. The molecular formula is C78H70N4. The van der Waals surface area contributed by atoms with Crippen molar-refractivity contribution in [3.63, 3.8) is 0 Å². The zero-order chi connectivity index (χ0) is 55.7. The van der Waals surface area contributed by atoms with Crippen LogP contribution < -0.4 is 0 Å². The van der Waals surface area contributed by atoms with Crippen LogP contribution in [0.4, 0.5) is 0 Å². The Hall–Kier alpha value is -8.60. The Balaban J connectivity index is 0.990. The van der Waals surface area contributed by atoms with Gasteiger partial charge in [0.1, 0.15) is 0 Å². The van der Waals surface area contributed by atoms with Gasteiger partial charge < -0.3 is 0 Å². The minimum Gasteiger partial charge on any atom is -0.248 e. The number of aryl methyl sites for hydroxylation is 4. The maximum atomic E-state index is 5.76. The molecule has 0 unspecified atom stereocenters. The summed E-state index contributed by atoms with van der Waals surface area (Å²) in [4.78, 5) is 22.0. The lowest BCUT2D eigenvalue weighted by Gasteiger charge is -2.31. The molecule has 402 valence electrons. The molecule has 4 nitrogen and oxygen atoms in total. The standard InChI is InChI=1S/C78H70N4/c1-7-9-11-13-27-51-41-52(28-14-12-10-8-2)43-55(42-51)53-37-39-61-62-40-38-54(45-71(62)78(70(61)44-53)67-35-23-20-31-58(67)59-32-21-24-36-68(59)78)72-48-65(64-46-69-63(47-73(64)79-72)60-33-19-22-34-66(60)77(69,5)6)76-81-74(56-29-17-15-25-49(56)3)80-75(82-76)57-30-18-16-26-50(57)4/h15-26,29-48H,7-14,27-28H2,1-6H3. The topological polar surface area (TPSA) is 51.6 Å². The molecule has 3 aliphatic carbocycles. The molecule has 0 amide bonds. The van der Waals surface area contributed by atoms with Gasteiger partial charge in [0, 0.05) is 33.1 Å². The number of unbranched alkanes of at least 4 members (excludes halogenated alkanes) is 6. The first-order valence-corrected chi connectivity index (χ1v) is 30.2. The number of nitrogens with zero attached hydrogens (tertiary/aromatic N) is 4. The smallest absolute Gasteiger partial charge is 0.164 e. The van der Waals surface area contributed by atoms with Gasteiger partial charge in [0.2, 0.25) is 0 Å². The minimum absolute atomic E-state index is 0.224. The van der Waals surface area contributed by atoms with Crippen molar-refractivity contribution < 1.29 is 0 Å². The Morgan fingerprint density at radius 2 is 0.793 bits per heavy atom. The van der Waals surface area contributed by atoms with E-state index in [1.54, 1.807) is 0 Å². The Kier molecular flexibility index (Phi) is 13.0. The zero-order valence-corrected chi connectivity index (χ0v) is 48.3. The minimum atomic E-state index is -0.570. The highest BCUT2D eigenvalue weighted by molar-refractivity contribution is 6.02. The van der Waals surface area contributed by atoms with Crippen LogP contribution in [0.25, 0.3) is 101 Å². The number of fused-ring (bicyclic) bond motifs is 14. The third-order valence-corrected chi connectivity index (χ3v) is 18.6. The molecule has 2 aromatic heterocycles. The van der Waals surface area contributed by atoms with Crippen molar-refractivity contribution in [3.05, 3.63) is 250 Å². The maximum absolute atomic E-state index is 5.76. The quantitative estimate of drug-likeness (QED) is 0.0960. The molecule has 11 aromatic rings. The van der Waals surface area contributed by atoms with Gasteiger partial charge in [-0.05, 0) is 170 Å². The Morgan fingerprint density at radius 1 is 0.329 bits per heavy atom. The van der Waals surface area contributed by atoms with E-state index in [2.05, 4.69) is 236 Å². The lowest BCUT2D eigenvalue weighted by molar-refractivity contribution is 0.661. The summed E-state index contributed by atoms with van der Waals surface area (Å²) in [6, 6.07) is 73.1. The van der Waals surface area contributed by atoms with Crippen LogP contribution in [0.2, 0.25) is 0 Å². The van der Waals surface area contributed by atoms with Gasteiger partial charge in [-0.15, -0.1) is 0 Å². The van der Waals surface area contributed by atoms with E-state index in [9.17, 15) is 0 Å². The summed E-state index contributed by atoms with van der Waals surface area (Å²) in [7, 11) is 0. The van der Waals surface area contributed by atoms with Crippen LogP contribution in [-0.2, 0) is 23.7 Å². The van der Waals surface area contributed by atoms with Gasteiger partial charge in [-0.3, -0.25) is 0 Å². The first-order valence-electron chi connectivity index (χ1n) is 30.2. The summed E-state index contributed by atoms with van der Waals surface area (Å²) in [5.74, 6) is 1.93. The molecule has 0 saturated heterocycles. The Morgan fingerprint density at radius 3 is 1.34 bits per heavy atom. The van der Waals surface area contributed by atoms with Crippen molar-refractivity contribution in [2.75, 3.05) is 0 Å². The van der Waals surface area contributed by atoms with Gasteiger partial charge >= 0.3 is 0 Å². The fourth-order valence-electron chi connectivity index (χ4n) is 14.3. The van der Waals surface area contributed by atoms with E-state index in [4.69, 9.17) is 19.9 Å². The third kappa shape index (κ3) is 8.47. The first kappa shape index (κ1) is 51.5. The van der Waals surface area contributed by atoms with Gasteiger partial charge in [-0.2, -0.15) is 0 Å². The summed E-state index contributed by atoms with van der Waals surface area (Å²) >= 11 is 0. The number of pyridine rings is 1. The van der Waals surface area contributed by atoms with Crippen LogP contribution in [0, 0.1) is 13.8 Å². The van der Waals surface area contributed by atoms with Crippen molar-refractivity contribution in [3.8, 4) is 89.9 Å². The molecular weight excluding hydrogens is 993 g/mol. The average molecular weight is 1060 g/mol. The second-order valence-corrected chi connectivity index (χ2v) is 24.1. The van der Waals surface area contributed by atoms with E-state index in [1.165, 1.54) is 140 Å². The summed E-state index contributed by atoms with van der Waals surface area (Å²) in [5.41, 5.74) is 28.2. The van der Waals surface area contributed by atoms with E-state index < -0.39 is 5.41 Å². The number of aromatic nitrogens is 4. The van der Waals surface area contributed by atoms with Crippen molar-refractivity contribution in [2.45, 2.75) is 117 Å². The predicted octanol–water partition coefficient (Wildman–Crippen LogP) is 20.3. The summed E-state index contributed by atoms with van der Waals surface area (Å²) in [6.07, 6.45) is 12.3. The summed E-state index contributed by atoms with van der Waals surface area (Å²) < 4.78 is 0. The fraction of sp³-hybridized carbons (Fsp3) is 0.231. The molecule has 0 bridgehead atoms. The molecule has 1 spiro atoms. The Labute approximate surface area is 484 Å². The SMILES string of the molecule is CCCCCCc1cc(CCCCCC)cc(-c2ccc3c(c2)C2(c4ccccc4-c4ccccc42)c2cc(-c4cc(-c5nc(-c6ccccc6C)nc(-c6ccccc6C)n5)c5cc6c(cc5n4)-c4ccccc4C6(C)C)ccc2-3)c1. The second-order valence-electron chi connectivity index (χ2n) is 24.1. The predicted molar refractivity (Wildman–Crippen MR) is 341 cm³/mol. The van der Waals surface area contributed by atoms with Crippen molar-refractivity contribution in [1.29, 1.82) is 0 Å². The van der Waals surface area contributed by atoms with Crippen LogP contribution in [-0.4, -0.2) is 19.9 Å². The summed E-state index contributed by atoms with van der Waals surface area (Å²) in [6.45, 7) is 13.6. The van der Waals surface area contributed by atoms with E-state index in [-0.39, 0.29) is 5.41 Å². The largest absolute Gasteiger partial charge is 0.248 e. The van der Waals surface area contributed by atoms with Gasteiger partial charge in [-0.1, -0.05) is 230 Å². The fourth-order valence-corrected chi connectivity index (χ4v) is 14.3. The molecule has 0 N–H and O–H groups in total. The van der Waals surface area contributed by atoms with Crippen molar-refractivity contribution in [1.82, 2.24) is 19.9 Å². The highest BCUT2D eigenvalue weighted by Gasteiger charge is 2.52. The van der Waals surface area contributed by atoms with Crippen LogP contribution in [0.5, 0.6) is 0 Å². The molecule has 0 radical (unpaired) electrons. The lowest BCUT2D eigenvalue weighted by Crippen LogP contribution is -2.26. The summed E-state index contributed by atoms with van der Waals surface area (Å²) in [5, 5.41) is 1.02. The molecule has 0 fully saturated rings. The van der Waals surface area contributed by atoms with Gasteiger partial charge in [0.25, 0.3) is 0 Å². The van der Waals surface area contributed by atoms with Crippen LogP contribution in [0.15, 0.2) is 194 Å². The number of benzene rings is 9. The average Bonchev–Trinajstić information content (AvgIpc) is 1.65. The molecule has 82 heavy (non-hydrogen) atoms. The van der Waals surface area contributed by atoms with Crippen molar-refractivity contribution in [2.24, 2.45) is 0 Å². The van der Waals surface area contributed by atoms with E-state index in [1.807, 2.05) is 0 Å². The van der Waals surface area contributed by atoms with Crippen LogP contribution >= 0.6 is 0 Å².